The van der Waals surface area contributed by atoms with Gasteiger partial charge in [0, 0.05) is 6.04 Å². The molecular formula is C15H22FNO2S. The van der Waals surface area contributed by atoms with Gasteiger partial charge in [-0.1, -0.05) is 33.6 Å². The number of hydrogen-bond acceptors (Lipinski definition) is 2. The summed E-state index contributed by atoms with van der Waals surface area (Å²) in [5.74, 6) is 0.199. The molecule has 3 nitrogen and oxygen atoms in total. The van der Waals surface area contributed by atoms with E-state index in [4.69, 9.17) is 0 Å². The highest BCUT2D eigenvalue weighted by molar-refractivity contribution is 7.89. The zero-order valence-electron chi connectivity index (χ0n) is 12.2. The zero-order chi connectivity index (χ0) is 15.0. The minimum absolute atomic E-state index is 0.106. The van der Waals surface area contributed by atoms with Crippen LogP contribution in [0, 0.1) is 17.2 Å². The Balaban J connectivity index is 2.17. The molecule has 112 valence electrons. The van der Waals surface area contributed by atoms with Crippen molar-refractivity contribution in [2.45, 2.75) is 51.0 Å². The maximum absolute atomic E-state index is 12.9. The van der Waals surface area contributed by atoms with E-state index in [0.717, 1.165) is 6.42 Å². The lowest BCUT2D eigenvalue weighted by molar-refractivity contribution is 0.275. The molecule has 0 amide bonds. The molecule has 0 bridgehead atoms. The molecule has 1 aliphatic rings. The number of rotatable bonds is 5. The zero-order valence-corrected chi connectivity index (χ0v) is 13.0. The maximum Gasteiger partial charge on any atom is 0.240 e. The van der Waals surface area contributed by atoms with Gasteiger partial charge in [-0.2, -0.15) is 0 Å². The minimum Gasteiger partial charge on any atom is -0.208 e. The number of halogens is 1. The third kappa shape index (κ3) is 4.03. The van der Waals surface area contributed by atoms with Crippen LogP contribution in [0.4, 0.5) is 4.39 Å². The van der Waals surface area contributed by atoms with E-state index in [2.05, 4.69) is 4.72 Å². The van der Waals surface area contributed by atoms with Crippen molar-refractivity contribution in [1.82, 2.24) is 4.72 Å². The van der Waals surface area contributed by atoms with Crippen LogP contribution in [0.3, 0.4) is 0 Å². The highest BCUT2D eigenvalue weighted by Crippen LogP contribution is 2.38. The smallest absolute Gasteiger partial charge is 0.208 e. The van der Waals surface area contributed by atoms with Gasteiger partial charge >= 0.3 is 0 Å². The van der Waals surface area contributed by atoms with E-state index in [1.807, 2.05) is 20.8 Å². The second-order valence-corrected chi connectivity index (χ2v) is 8.39. The molecule has 1 fully saturated rings. The fourth-order valence-corrected chi connectivity index (χ4v) is 3.59. The van der Waals surface area contributed by atoms with Crippen molar-refractivity contribution in [2.75, 3.05) is 0 Å². The van der Waals surface area contributed by atoms with Gasteiger partial charge in [-0.05, 0) is 42.0 Å². The fraction of sp³-hybridized carbons (Fsp3) is 0.600. The molecule has 1 saturated carbocycles. The lowest BCUT2D eigenvalue weighted by Gasteiger charge is -2.31. The number of nitrogens with one attached hydrogen (secondary N) is 1. The van der Waals surface area contributed by atoms with Crippen molar-refractivity contribution in [3.8, 4) is 0 Å². The second-order valence-electron chi connectivity index (χ2n) is 6.67. The summed E-state index contributed by atoms with van der Waals surface area (Å²) in [6.07, 6.45) is 3.24. The molecule has 5 heteroatoms. The van der Waals surface area contributed by atoms with Crippen molar-refractivity contribution in [1.29, 1.82) is 0 Å². The maximum atomic E-state index is 12.9. The van der Waals surface area contributed by atoms with E-state index in [9.17, 15) is 12.8 Å². The molecule has 1 N–H and O–H groups in total. The molecule has 1 unspecified atom stereocenters. The summed E-state index contributed by atoms with van der Waals surface area (Å²) >= 11 is 0. The standard InChI is InChI=1S/C15H22FNO2S/c1-15(2,3)14(10-11-4-5-11)17-20(18,19)13-8-6-12(16)7-9-13/h6-9,11,14,17H,4-5,10H2,1-3H3. The van der Waals surface area contributed by atoms with Crippen molar-refractivity contribution in [3.05, 3.63) is 30.1 Å². The van der Waals surface area contributed by atoms with E-state index in [0.29, 0.717) is 5.92 Å². The molecule has 0 aromatic heterocycles. The normalized spacial score (nSPS) is 18.0. The first-order chi connectivity index (χ1) is 9.18. The van der Waals surface area contributed by atoms with Crippen LogP contribution < -0.4 is 4.72 Å². The van der Waals surface area contributed by atoms with Gasteiger partial charge in [-0.15, -0.1) is 0 Å². The highest BCUT2D eigenvalue weighted by Gasteiger charge is 2.34. The highest BCUT2D eigenvalue weighted by atomic mass is 32.2. The van der Waals surface area contributed by atoms with Crippen molar-refractivity contribution in [2.24, 2.45) is 11.3 Å². The van der Waals surface area contributed by atoms with E-state index < -0.39 is 15.8 Å². The van der Waals surface area contributed by atoms with Crippen LogP contribution in [0.25, 0.3) is 0 Å². The third-order valence-electron chi connectivity index (χ3n) is 3.73. The molecule has 1 aromatic rings. The minimum atomic E-state index is -3.59. The van der Waals surface area contributed by atoms with Gasteiger partial charge in [0.2, 0.25) is 10.0 Å². The Morgan fingerprint density at radius 3 is 2.25 bits per heavy atom. The molecule has 0 spiro atoms. The molecule has 0 heterocycles. The van der Waals surface area contributed by atoms with Crippen LogP contribution in [-0.4, -0.2) is 14.5 Å². The van der Waals surface area contributed by atoms with E-state index in [1.165, 1.54) is 37.1 Å². The van der Waals surface area contributed by atoms with Crippen LogP contribution >= 0.6 is 0 Å². The number of hydrogen-bond donors (Lipinski definition) is 1. The van der Waals surface area contributed by atoms with Gasteiger partial charge in [0.25, 0.3) is 0 Å². The molecule has 1 aromatic carbocycles. The molecule has 2 rings (SSSR count). The summed E-state index contributed by atoms with van der Waals surface area (Å²) in [6, 6.07) is 4.83. The molecule has 1 aliphatic carbocycles. The van der Waals surface area contributed by atoms with Gasteiger partial charge in [-0.3, -0.25) is 0 Å². The monoisotopic (exact) mass is 299 g/mol. The van der Waals surface area contributed by atoms with Crippen LogP contribution in [0.2, 0.25) is 0 Å². The fourth-order valence-electron chi connectivity index (χ4n) is 2.13. The Labute approximate surface area is 120 Å². The summed E-state index contributed by atoms with van der Waals surface area (Å²) in [5, 5.41) is 0. The molecule has 20 heavy (non-hydrogen) atoms. The molecule has 0 radical (unpaired) electrons. The Bertz CT molecular complexity index is 557. The predicted molar refractivity (Wildman–Crippen MR) is 77.3 cm³/mol. The summed E-state index contributed by atoms with van der Waals surface area (Å²) in [5.41, 5.74) is -0.143. The molecular weight excluding hydrogens is 277 g/mol. The first-order valence-electron chi connectivity index (χ1n) is 6.96. The van der Waals surface area contributed by atoms with Crippen molar-refractivity contribution >= 4 is 10.0 Å². The topological polar surface area (TPSA) is 46.2 Å². The average molecular weight is 299 g/mol. The lowest BCUT2D eigenvalue weighted by Crippen LogP contribution is -2.43. The van der Waals surface area contributed by atoms with E-state index in [1.54, 1.807) is 0 Å². The Hall–Kier alpha value is -0.940. The Kier molecular flexibility index (Phi) is 4.21. The van der Waals surface area contributed by atoms with Gasteiger partial charge < -0.3 is 0 Å². The molecule has 0 saturated heterocycles. The van der Waals surface area contributed by atoms with Gasteiger partial charge in [0.05, 0.1) is 4.90 Å². The van der Waals surface area contributed by atoms with Crippen molar-refractivity contribution in [3.63, 3.8) is 0 Å². The second kappa shape index (κ2) is 5.45. The van der Waals surface area contributed by atoms with E-state index >= 15 is 0 Å². The van der Waals surface area contributed by atoms with Crippen molar-refractivity contribution < 1.29 is 12.8 Å². The van der Waals surface area contributed by atoms with Gasteiger partial charge in [0.1, 0.15) is 5.82 Å². The lowest BCUT2D eigenvalue weighted by atomic mass is 9.84. The summed E-state index contributed by atoms with van der Waals surface area (Å²) in [6.45, 7) is 6.10. The quantitative estimate of drug-likeness (QED) is 0.906. The van der Waals surface area contributed by atoms with Crippen LogP contribution in [0.5, 0.6) is 0 Å². The molecule has 0 aliphatic heterocycles. The largest absolute Gasteiger partial charge is 0.240 e. The third-order valence-corrected chi connectivity index (χ3v) is 5.22. The first kappa shape index (κ1) is 15.4. The van der Waals surface area contributed by atoms with E-state index in [-0.39, 0.29) is 16.4 Å². The van der Waals surface area contributed by atoms with Crippen LogP contribution in [-0.2, 0) is 10.0 Å². The van der Waals surface area contributed by atoms with Gasteiger partial charge in [0.15, 0.2) is 0 Å². The SMILES string of the molecule is CC(C)(C)C(CC1CC1)NS(=O)(=O)c1ccc(F)cc1. The molecule has 1 atom stereocenters. The summed E-state index contributed by atoms with van der Waals surface area (Å²) < 4.78 is 40.4. The number of sulfonamides is 1. The predicted octanol–water partition coefficient (Wildman–Crippen LogP) is 3.32. The number of benzene rings is 1. The summed E-state index contributed by atoms with van der Waals surface area (Å²) in [4.78, 5) is 0.115. The van der Waals surface area contributed by atoms with Gasteiger partial charge in [-0.25, -0.2) is 17.5 Å². The first-order valence-corrected chi connectivity index (χ1v) is 8.45. The van der Waals surface area contributed by atoms with Crippen LogP contribution in [0.15, 0.2) is 29.2 Å². The Morgan fingerprint density at radius 1 is 1.25 bits per heavy atom. The van der Waals surface area contributed by atoms with Crippen LogP contribution in [0.1, 0.15) is 40.0 Å². The average Bonchev–Trinajstić information content (AvgIpc) is 3.11. The Morgan fingerprint density at radius 2 is 1.80 bits per heavy atom. The summed E-state index contributed by atoms with van der Waals surface area (Å²) in [7, 11) is -3.59.